The number of carbonyl (C=O) groups is 1. The summed E-state index contributed by atoms with van der Waals surface area (Å²) in [7, 11) is 0. The molecular formula is C23H18ClN3O2. The van der Waals surface area contributed by atoms with Gasteiger partial charge in [0.1, 0.15) is 0 Å². The Kier molecular flexibility index (Phi) is 5.40. The Morgan fingerprint density at radius 1 is 0.966 bits per heavy atom. The second kappa shape index (κ2) is 8.29. The van der Waals surface area contributed by atoms with Crippen LogP contribution < -0.4 is 5.32 Å². The normalized spacial score (nSPS) is 10.7. The second-order valence-corrected chi connectivity index (χ2v) is 7.05. The van der Waals surface area contributed by atoms with Gasteiger partial charge in [0.15, 0.2) is 0 Å². The molecule has 0 fully saturated rings. The molecule has 6 heteroatoms. The smallest absolute Gasteiger partial charge is 0.251 e. The fourth-order valence-electron chi connectivity index (χ4n) is 2.96. The molecule has 0 bridgehead atoms. The first-order valence-corrected chi connectivity index (χ1v) is 9.50. The Bertz CT molecular complexity index is 1150. The summed E-state index contributed by atoms with van der Waals surface area (Å²) in [4.78, 5) is 12.4. The van der Waals surface area contributed by atoms with Gasteiger partial charge < -0.3 is 9.73 Å². The molecule has 1 heterocycles. The van der Waals surface area contributed by atoms with Crippen LogP contribution in [0.2, 0.25) is 5.02 Å². The van der Waals surface area contributed by atoms with Crippen LogP contribution in [0.15, 0.2) is 77.2 Å². The van der Waals surface area contributed by atoms with Crippen molar-refractivity contribution in [3.8, 4) is 22.9 Å². The number of aryl methyl sites for hydroxylation is 1. The van der Waals surface area contributed by atoms with Gasteiger partial charge in [-0.1, -0.05) is 41.9 Å². The minimum Gasteiger partial charge on any atom is -0.416 e. The Balaban J connectivity index is 1.45. The maximum atomic E-state index is 12.4. The summed E-state index contributed by atoms with van der Waals surface area (Å²) >= 11 is 5.97. The Labute approximate surface area is 173 Å². The first-order valence-electron chi connectivity index (χ1n) is 9.13. The Hall–Kier alpha value is -3.44. The Morgan fingerprint density at radius 2 is 1.72 bits per heavy atom. The summed E-state index contributed by atoms with van der Waals surface area (Å²) in [5.74, 6) is 0.721. The average molecular weight is 404 g/mol. The molecule has 0 atom stereocenters. The van der Waals surface area contributed by atoms with Crippen molar-refractivity contribution < 1.29 is 9.21 Å². The molecule has 0 spiro atoms. The van der Waals surface area contributed by atoms with Crippen molar-refractivity contribution >= 4 is 17.5 Å². The van der Waals surface area contributed by atoms with Crippen molar-refractivity contribution in [2.24, 2.45) is 0 Å². The third-order valence-corrected chi connectivity index (χ3v) is 4.77. The van der Waals surface area contributed by atoms with E-state index in [0.717, 1.165) is 22.3 Å². The van der Waals surface area contributed by atoms with Crippen LogP contribution in [0.5, 0.6) is 0 Å². The predicted molar refractivity (Wildman–Crippen MR) is 113 cm³/mol. The first kappa shape index (κ1) is 18.9. The van der Waals surface area contributed by atoms with Gasteiger partial charge in [0.2, 0.25) is 11.8 Å². The number of carbonyl (C=O) groups excluding carboxylic acids is 1. The molecule has 3 aromatic carbocycles. The zero-order valence-corrected chi connectivity index (χ0v) is 16.5. The van der Waals surface area contributed by atoms with Gasteiger partial charge >= 0.3 is 0 Å². The van der Waals surface area contributed by atoms with Crippen LogP contribution in [0.1, 0.15) is 21.5 Å². The zero-order chi connectivity index (χ0) is 20.2. The SMILES string of the molecule is Cc1ccccc1-c1nnc(-c2ccc(C(=O)NCc3cccc(Cl)c3)cc2)o1. The minimum absolute atomic E-state index is 0.164. The third-order valence-electron chi connectivity index (χ3n) is 4.54. The molecule has 1 N–H and O–H groups in total. The molecule has 29 heavy (non-hydrogen) atoms. The second-order valence-electron chi connectivity index (χ2n) is 6.62. The van der Waals surface area contributed by atoms with Crippen LogP contribution in [-0.2, 0) is 6.54 Å². The summed E-state index contributed by atoms with van der Waals surface area (Å²) in [6.45, 7) is 2.40. The van der Waals surface area contributed by atoms with Gasteiger partial charge in [-0.3, -0.25) is 4.79 Å². The molecule has 144 valence electrons. The zero-order valence-electron chi connectivity index (χ0n) is 15.7. The van der Waals surface area contributed by atoms with Gasteiger partial charge in [0.05, 0.1) is 0 Å². The van der Waals surface area contributed by atoms with E-state index in [1.807, 2.05) is 49.4 Å². The highest BCUT2D eigenvalue weighted by Crippen LogP contribution is 2.26. The van der Waals surface area contributed by atoms with Crippen molar-refractivity contribution in [3.05, 3.63) is 94.5 Å². The molecule has 0 aliphatic rings. The monoisotopic (exact) mass is 403 g/mol. The van der Waals surface area contributed by atoms with E-state index in [0.29, 0.717) is 28.9 Å². The first-order chi connectivity index (χ1) is 14.1. The van der Waals surface area contributed by atoms with Gasteiger partial charge in [-0.05, 0) is 60.5 Å². The molecular weight excluding hydrogens is 386 g/mol. The molecule has 0 aliphatic carbocycles. The number of nitrogens with zero attached hydrogens (tertiary/aromatic N) is 2. The van der Waals surface area contributed by atoms with Gasteiger partial charge in [0.25, 0.3) is 5.91 Å². The van der Waals surface area contributed by atoms with Crippen LogP contribution in [0.25, 0.3) is 22.9 Å². The van der Waals surface area contributed by atoms with E-state index in [4.69, 9.17) is 16.0 Å². The van der Waals surface area contributed by atoms with Crippen molar-refractivity contribution in [2.75, 3.05) is 0 Å². The summed E-state index contributed by atoms with van der Waals surface area (Å²) in [5.41, 5.74) is 4.22. The van der Waals surface area contributed by atoms with E-state index < -0.39 is 0 Å². The molecule has 1 amide bonds. The predicted octanol–water partition coefficient (Wildman–Crippen LogP) is 5.30. The number of aromatic nitrogens is 2. The number of nitrogens with one attached hydrogen (secondary N) is 1. The number of halogens is 1. The average Bonchev–Trinajstić information content (AvgIpc) is 3.22. The molecule has 1 aromatic heterocycles. The van der Waals surface area contributed by atoms with E-state index in [9.17, 15) is 4.79 Å². The van der Waals surface area contributed by atoms with Crippen LogP contribution in [-0.4, -0.2) is 16.1 Å². The van der Waals surface area contributed by atoms with Crippen molar-refractivity contribution in [3.63, 3.8) is 0 Å². The quantitative estimate of drug-likeness (QED) is 0.491. The van der Waals surface area contributed by atoms with Crippen molar-refractivity contribution in [2.45, 2.75) is 13.5 Å². The lowest BCUT2D eigenvalue weighted by atomic mass is 10.1. The van der Waals surface area contributed by atoms with Crippen molar-refractivity contribution in [1.29, 1.82) is 0 Å². The maximum absolute atomic E-state index is 12.4. The highest BCUT2D eigenvalue weighted by atomic mass is 35.5. The molecule has 4 aromatic rings. The van der Waals surface area contributed by atoms with Crippen LogP contribution in [0, 0.1) is 6.92 Å². The molecule has 0 saturated heterocycles. The fourth-order valence-corrected chi connectivity index (χ4v) is 3.17. The van der Waals surface area contributed by atoms with E-state index in [2.05, 4.69) is 15.5 Å². The number of benzene rings is 3. The lowest BCUT2D eigenvalue weighted by Crippen LogP contribution is -2.22. The highest BCUT2D eigenvalue weighted by molar-refractivity contribution is 6.30. The number of rotatable bonds is 5. The summed E-state index contributed by atoms with van der Waals surface area (Å²) in [5, 5.41) is 11.8. The largest absolute Gasteiger partial charge is 0.416 e. The van der Waals surface area contributed by atoms with Gasteiger partial charge in [-0.2, -0.15) is 0 Å². The van der Waals surface area contributed by atoms with Crippen molar-refractivity contribution in [1.82, 2.24) is 15.5 Å². The van der Waals surface area contributed by atoms with E-state index in [1.54, 1.807) is 30.3 Å². The van der Waals surface area contributed by atoms with Crippen LogP contribution >= 0.6 is 11.6 Å². The third kappa shape index (κ3) is 4.36. The molecule has 0 aliphatic heterocycles. The highest BCUT2D eigenvalue weighted by Gasteiger charge is 2.13. The van der Waals surface area contributed by atoms with Crippen LogP contribution in [0.3, 0.4) is 0 Å². The van der Waals surface area contributed by atoms with Gasteiger partial charge in [-0.25, -0.2) is 0 Å². The summed E-state index contributed by atoms with van der Waals surface area (Å²) in [6, 6.07) is 22.3. The Morgan fingerprint density at radius 3 is 2.48 bits per heavy atom. The van der Waals surface area contributed by atoms with E-state index in [-0.39, 0.29) is 5.91 Å². The van der Waals surface area contributed by atoms with Crippen LogP contribution in [0.4, 0.5) is 0 Å². The molecule has 0 unspecified atom stereocenters. The maximum Gasteiger partial charge on any atom is 0.251 e. The minimum atomic E-state index is -0.164. The molecule has 0 saturated carbocycles. The summed E-state index contributed by atoms with van der Waals surface area (Å²) < 4.78 is 5.82. The standard InChI is InChI=1S/C23H18ClN3O2/c1-15-5-2-3-8-20(15)23-27-26-22(29-23)18-11-9-17(10-12-18)21(28)25-14-16-6-4-7-19(24)13-16/h2-13H,14H2,1H3,(H,25,28). The fraction of sp³-hybridized carbons (Fsp3) is 0.0870. The number of hydrogen-bond acceptors (Lipinski definition) is 4. The van der Waals surface area contributed by atoms with E-state index >= 15 is 0 Å². The van der Waals surface area contributed by atoms with Gasteiger partial charge in [-0.15, -0.1) is 10.2 Å². The van der Waals surface area contributed by atoms with Gasteiger partial charge in [0, 0.05) is 28.3 Å². The molecule has 4 rings (SSSR count). The number of amides is 1. The topological polar surface area (TPSA) is 68.0 Å². The molecule has 5 nitrogen and oxygen atoms in total. The van der Waals surface area contributed by atoms with E-state index in [1.165, 1.54) is 0 Å². The number of hydrogen-bond donors (Lipinski definition) is 1. The lowest BCUT2D eigenvalue weighted by molar-refractivity contribution is 0.0951. The molecule has 0 radical (unpaired) electrons. The summed E-state index contributed by atoms with van der Waals surface area (Å²) in [6.07, 6.45) is 0. The lowest BCUT2D eigenvalue weighted by Gasteiger charge is -2.06.